The molecule has 1 aromatic carbocycles. The first-order valence-corrected chi connectivity index (χ1v) is 6.04. The number of hydrogen-bond acceptors (Lipinski definition) is 4. The van der Waals surface area contributed by atoms with Gasteiger partial charge in [-0.3, -0.25) is 14.8 Å². The van der Waals surface area contributed by atoms with Crippen LogP contribution in [-0.2, 0) is 0 Å². The molecule has 2 N–H and O–H groups in total. The van der Waals surface area contributed by atoms with Crippen LogP contribution >= 0.6 is 0 Å². The molecule has 0 saturated heterocycles. The lowest BCUT2D eigenvalue weighted by Gasteiger charge is -2.08. The summed E-state index contributed by atoms with van der Waals surface area (Å²) in [4.78, 5) is 20.2. The van der Waals surface area contributed by atoms with Gasteiger partial charge in [0.1, 0.15) is 5.52 Å². The predicted octanol–water partition coefficient (Wildman–Crippen LogP) is 2.59. The van der Waals surface area contributed by atoms with E-state index < -0.39 is 5.91 Å². The highest BCUT2D eigenvalue weighted by Crippen LogP contribution is 2.27. The number of rotatable bonds is 2. The maximum atomic E-state index is 12.2. The van der Waals surface area contributed by atoms with E-state index in [1.807, 2.05) is 6.07 Å². The second-order valence-electron chi connectivity index (χ2n) is 4.23. The van der Waals surface area contributed by atoms with Gasteiger partial charge >= 0.3 is 0 Å². The molecule has 0 aliphatic heterocycles. The fourth-order valence-corrected chi connectivity index (χ4v) is 1.95. The number of phenolic OH excluding ortho intramolecular Hbond substituents is 1. The molecule has 1 amide bonds. The number of anilines is 1. The van der Waals surface area contributed by atoms with E-state index in [2.05, 4.69) is 15.3 Å². The molecule has 0 unspecified atom stereocenters. The summed E-state index contributed by atoms with van der Waals surface area (Å²) < 4.78 is 0. The van der Waals surface area contributed by atoms with Gasteiger partial charge in [-0.15, -0.1) is 0 Å². The normalized spacial score (nSPS) is 10.4. The lowest BCUT2D eigenvalue weighted by Crippen LogP contribution is -2.12. The van der Waals surface area contributed by atoms with Crippen LogP contribution in [0.25, 0.3) is 10.9 Å². The standard InChI is InChI=1S/C15H11N3O2/c19-14-12(6-5-10-3-1-8-17-13(10)14)15(20)18-11-4-2-7-16-9-11/h1-9,19H,(H,18,20). The molecule has 0 saturated carbocycles. The quantitative estimate of drug-likeness (QED) is 0.746. The number of hydrogen-bond donors (Lipinski definition) is 2. The maximum absolute atomic E-state index is 12.2. The van der Waals surface area contributed by atoms with Gasteiger partial charge in [-0.1, -0.05) is 12.1 Å². The van der Waals surface area contributed by atoms with Crippen molar-refractivity contribution in [2.24, 2.45) is 0 Å². The second-order valence-corrected chi connectivity index (χ2v) is 4.23. The molecule has 2 aromatic heterocycles. The van der Waals surface area contributed by atoms with Crippen LogP contribution in [0.15, 0.2) is 55.0 Å². The number of amides is 1. The average molecular weight is 265 g/mol. The van der Waals surface area contributed by atoms with Crippen molar-refractivity contribution >= 4 is 22.5 Å². The zero-order valence-corrected chi connectivity index (χ0v) is 10.4. The van der Waals surface area contributed by atoms with Crippen LogP contribution in [0.5, 0.6) is 5.75 Å². The molecule has 0 atom stereocenters. The number of fused-ring (bicyclic) bond motifs is 1. The van der Waals surface area contributed by atoms with Crippen LogP contribution < -0.4 is 5.32 Å². The summed E-state index contributed by atoms with van der Waals surface area (Å²) in [6.07, 6.45) is 4.73. The third-order valence-corrected chi connectivity index (χ3v) is 2.91. The highest BCUT2D eigenvalue weighted by Gasteiger charge is 2.14. The van der Waals surface area contributed by atoms with E-state index >= 15 is 0 Å². The molecule has 3 rings (SSSR count). The smallest absolute Gasteiger partial charge is 0.259 e. The summed E-state index contributed by atoms with van der Waals surface area (Å²) in [7, 11) is 0. The lowest BCUT2D eigenvalue weighted by atomic mass is 10.1. The van der Waals surface area contributed by atoms with Crippen molar-refractivity contribution in [3.8, 4) is 5.75 Å². The molecule has 20 heavy (non-hydrogen) atoms. The fraction of sp³-hybridized carbons (Fsp3) is 0. The van der Waals surface area contributed by atoms with Gasteiger partial charge in [-0.05, 0) is 24.3 Å². The Hall–Kier alpha value is -2.95. The van der Waals surface area contributed by atoms with Gasteiger partial charge in [0.15, 0.2) is 5.75 Å². The van der Waals surface area contributed by atoms with E-state index in [4.69, 9.17) is 0 Å². The molecule has 0 aliphatic rings. The first kappa shape index (κ1) is 12.1. The number of nitrogens with one attached hydrogen (secondary N) is 1. The second kappa shape index (κ2) is 4.97. The Labute approximate surface area is 114 Å². The van der Waals surface area contributed by atoms with Gasteiger partial charge in [-0.2, -0.15) is 0 Å². The third-order valence-electron chi connectivity index (χ3n) is 2.91. The number of carbonyl (C=O) groups excluding carboxylic acids is 1. The van der Waals surface area contributed by atoms with Crippen LogP contribution in [0.2, 0.25) is 0 Å². The molecule has 0 fully saturated rings. The van der Waals surface area contributed by atoms with Crippen molar-refractivity contribution in [3.63, 3.8) is 0 Å². The first-order valence-electron chi connectivity index (χ1n) is 6.04. The SMILES string of the molecule is O=C(Nc1cccnc1)c1ccc2cccnc2c1O. The van der Waals surface area contributed by atoms with E-state index in [0.29, 0.717) is 11.2 Å². The molecule has 0 aliphatic carbocycles. The van der Waals surface area contributed by atoms with Gasteiger partial charge in [0.05, 0.1) is 17.4 Å². The number of carbonyl (C=O) groups is 1. The van der Waals surface area contributed by atoms with Crippen molar-refractivity contribution in [2.45, 2.75) is 0 Å². The van der Waals surface area contributed by atoms with Gasteiger partial charge < -0.3 is 10.4 Å². The monoisotopic (exact) mass is 265 g/mol. The number of benzene rings is 1. The molecule has 3 aromatic rings. The third kappa shape index (κ3) is 2.16. The summed E-state index contributed by atoms with van der Waals surface area (Å²) in [5, 5.41) is 13.6. The Morgan fingerprint density at radius 3 is 2.75 bits per heavy atom. The van der Waals surface area contributed by atoms with E-state index in [0.717, 1.165) is 5.39 Å². The minimum Gasteiger partial charge on any atom is -0.505 e. The van der Waals surface area contributed by atoms with E-state index in [-0.39, 0.29) is 11.3 Å². The van der Waals surface area contributed by atoms with Crippen LogP contribution in [0, 0.1) is 0 Å². The fourth-order valence-electron chi connectivity index (χ4n) is 1.95. The Balaban J connectivity index is 1.98. The van der Waals surface area contributed by atoms with Crippen LogP contribution in [-0.4, -0.2) is 21.0 Å². The summed E-state index contributed by atoms with van der Waals surface area (Å²) in [6, 6.07) is 10.4. The average Bonchev–Trinajstić information content (AvgIpc) is 2.49. The lowest BCUT2D eigenvalue weighted by molar-refractivity contribution is 0.102. The van der Waals surface area contributed by atoms with Gasteiger partial charge in [0.2, 0.25) is 0 Å². The van der Waals surface area contributed by atoms with Crippen molar-refractivity contribution in [2.75, 3.05) is 5.32 Å². The molecule has 0 radical (unpaired) electrons. The predicted molar refractivity (Wildman–Crippen MR) is 75.6 cm³/mol. The minimum atomic E-state index is -0.400. The number of aromatic hydroxyl groups is 1. The van der Waals surface area contributed by atoms with Gasteiger partial charge in [-0.25, -0.2) is 0 Å². The Morgan fingerprint density at radius 2 is 1.95 bits per heavy atom. The van der Waals surface area contributed by atoms with Gasteiger partial charge in [0.25, 0.3) is 5.91 Å². The largest absolute Gasteiger partial charge is 0.505 e. The Kier molecular flexibility index (Phi) is 3.01. The maximum Gasteiger partial charge on any atom is 0.259 e. The van der Waals surface area contributed by atoms with Crippen molar-refractivity contribution in [1.29, 1.82) is 0 Å². The molecule has 5 heteroatoms. The Bertz CT molecular complexity index is 772. The summed E-state index contributed by atoms with van der Waals surface area (Å²) in [5.41, 5.74) is 1.16. The number of phenols is 1. The van der Waals surface area contributed by atoms with E-state index in [9.17, 15) is 9.90 Å². The zero-order chi connectivity index (χ0) is 13.9. The molecule has 0 spiro atoms. The summed E-state index contributed by atoms with van der Waals surface area (Å²) >= 11 is 0. The highest BCUT2D eigenvalue weighted by molar-refractivity contribution is 6.09. The van der Waals surface area contributed by atoms with Crippen molar-refractivity contribution < 1.29 is 9.90 Å². The molecular weight excluding hydrogens is 254 g/mol. The first-order chi connectivity index (χ1) is 9.75. The molecule has 0 bridgehead atoms. The zero-order valence-electron chi connectivity index (χ0n) is 10.4. The van der Waals surface area contributed by atoms with Crippen LogP contribution in [0.1, 0.15) is 10.4 Å². The topological polar surface area (TPSA) is 75.1 Å². The number of nitrogens with zero attached hydrogens (tertiary/aromatic N) is 2. The Morgan fingerprint density at radius 1 is 1.10 bits per heavy atom. The molecule has 5 nitrogen and oxygen atoms in total. The molecular formula is C15H11N3O2. The summed E-state index contributed by atoms with van der Waals surface area (Å²) in [6.45, 7) is 0. The molecule has 2 heterocycles. The van der Waals surface area contributed by atoms with Gasteiger partial charge in [0, 0.05) is 17.8 Å². The summed E-state index contributed by atoms with van der Waals surface area (Å²) in [5.74, 6) is -0.521. The number of pyridine rings is 2. The van der Waals surface area contributed by atoms with Crippen LogP contribution in [0.3, 0.4) is 0 Å². The number of aromatic nitrogens is 2. The van der Waals surface area contributed by atoms with Crippen LogP contribution in [0.4, 0.5) is 5.69 Å². The minimum absolute atomic E-state index is 0.121. The van der Waals surface area contributed by atoms with E-state index in [1.165, 1.54) is 6.20 Å². The highest BCUT2D eigenvalue weighted by atomic mass is 16.3. The van der Waals surface area contributed by atoms with Crippen molar-refractivity contribution in [1.82, 2.24) is 9.97 Å². The molecule has 98 valence electrons. The van der Waals surface area contributed by atoms with Crippen molar-refractivity contribution in [3.05, 3.63) is 60.6 Å². The van der Waals surface area contributed by atoms with E-state index in [1.54, 1.807) is 42.7 Å².